The SMILES string of the molecule is CN1CC2(CCN(C(C)(C)CN)C2)C1. The lowest BCUT2D eigenvalue weighted by Gasteiger charge is -2.47. The Hall–Kier alpha value is -0.120. The predicted molar refractivity (Wildman–Crippen MR) is 59.3 cm³/mol. The predicted octanol–water partition coefficient (Wildman–Crippen LogP) is 0.361. The van der Waals surface area contributed by atoms with Gasteiger partial charge in [0.25, 0.3) is 0 Å². The van der Waals surface area contributed by atoms with E-state index in [1.54, 1.807) is 0 Å². The maximum atomic E-state index is 5.81. The summed E-state index contributed by atoms with van der Waals surface area (Å²) in [6, 6.07) is 0. The van der Waals surface area contributed by atoms with E-state index in [0.717, 1.165) is 6.54 Å². The maximum absolute atomic E-state index is 5.81. The van der Waals surface area contributed by atoms with Gasteiger partial charge in [0.1, 0.15) is 0 Å². The molecule has 3 heteroatoms. The first-order valence-corrected chi connectivity index (χ1v) is 5.61. The van der Waals surface area contributed by atoms with E-state index < -0.39 is 0 Å². The zero-order valence-corrected chi connectivity index (χ0v) is 9.71. The third-order valence-corrected chi connectivity index (χ3v) is 4.00. The molecule has 0 amide bonds. The highest BCUT2D eigenvalue weighted by Crippen LogP contribution is 2.40. The second kappa shape index (κ2) is 3.19. The van der Waals surface area contributed by atoms with Gasteiger partial charge in [-0.25, -0.2) is 0 Å². The van der Waals surface area contributed by atoms with Crippen LogP contribution in [0.3, 0.4) is 0 Å². The summed E-state index contributed by atoms with van der Waals surface area (Å²) in [5, 5.41) is 0. The Morgan fingerprint density at radius 1 is 1.29 bits per heavy atom. The zero-order chi connectivity index (χ0) is 10.4. The van der Waals surface area contributed by atoms with Crippen molar-refractivity contribution in [2.75, 3.05) is 39.8 Å². The van der Waals surface area contributed by atoms with Gasteiger partial charge in [-0.05, 0) is 33.9 Å². The minimum Gasteiger partial charge on any atom is -0.329 e. The molecular formula is C11H23N3. The summed E-state index contributed by atoms with van der Waals surface area (Å²) in [6.07, 6.45) is 1.36. The molecule has 2 fully saturated rings. The molecule has 0 bridgehead atoms. The van der Waals surface area contributed by atoms with Crippen LogP contribution in [0.25, 0.3) is 0 Å². The van der Waals surface area contributed by atoms with Gasteiger partial charge in [0.15, 0.2) is 0 Å². The molecule has 0 aromatic heterocycles. The molecule has 2 rings (SSSR count). The second-order valence-electron chi connectivity index (χ2n) is 5.86. The molecule has 2 heterocycles. The van der Waals surface area contributed by atoms with Crippen LogP contribution < -0.4 is 5.73 Å². The van der Waals surface area contributed by atoms with E-state index in [0.29, 0.717) is 5.41 Å². The van der Waals surface area contributed by atoms with Crippen molar-refractivity contribution in [1.29, 1.82) is 0 Å². The first kappa shape index (κ1) is 10.4. The Morgan fingerprint density at radius 2 is 1.93 bits per heavy atom. The van der Waals surface area contributed by atoms with Crippen LogP contribution in [0.15, 0.2) is 0 Å². The Bertz CT molecular complexity index is 219. The molecule has 0 aromatic rings. The van der Waals surface area contributed by atoms with Crippen LogP contribution in [0.1, 0.15) is 20.3 Å². The fourth-order valence-corrected chi connectivity index (χ4v) is 2.94. The molecule has 0 aliphatic carbocycles. The Kier molecular flexibility index (Phi) is 2.37. The molecule has 0 aromatic carbocycles. The molecule has 14 heavy (non-hydrogen) atoms. The lowest BCUT2D eigenvalue weighted by atomic mass is 9.79. The number of nitrogens with zero attached hydrogens (tertiary/aromatic N) is 2. The van der Waals surface area contributed by atoms with Gasteiger partial charge in [0.05, 0.1) is 0 Å². The summed E-state index contributed by atoms with van der Waals surface area (Å²) < 4.78 is 0. The number of hydrogen-bond donors (Lipinski definition) is 1. The van der Waals surface area contributed by atoms with Crippen molar-refractivity contribution in [2.45, 2.75) is 25.8 Å². The summed E-state index contributed by atoms with van der Waals surface area (Å²) >= 11 is 0. The average Bonchev–Trinajstić information content (AvgIpc) is 2.49. The lowest BCUT2D eigenvalue weighted by molar-refractivity contribution is 0.0195. The third kappa shape index (κ3) is 1.58. The minimum atomic E-state index is 0.192. The summed E-state index contributed by atoms with van der Waals surface area (Å²) in [4.78, 5) is 4.99. The van der Waals surface area contributed by atoms with E-state index in [1.807, 2.05) is 0 Å². The van der Waals surface area contributed by atoms with Gasteiger partial charge in [0, 0.05) is 37.1 Å². The molecule has 2 aliphatic heterocycles. The van der Waals surface area contributed by atoms with Gasteiger partial charge in [-0.1, -0.05) is 0 Å². The van der Waals surface area contributed by atoms with Crippen molar-refractivity contribution in [3.63, 3.8) is 0 Å². The highest BCUT2D eigenvalue weighted by molar-refractivity contribution is 5.03. The maximum Gasteiger partial charge on any atom is 0.0275 e. The van der Waals surface area contributed by atoms with Gasteiger partial charge in [-0.3, -0.25) is 4.90 Å². The van der Waals surface area contributed by atoms with E-state index in [2.05, 4.69) is 30.7 Å². The second-order valence-corrected chi connectivity index (χ2v) is 5.86. The highest BCUT2D eigenvalue weighted by Gasteiger charge is 2.48. The quantitative estimate of drug-likeness (QED) is 0.694. The lowest BCUT2D eigenvalue weighted by Crippen LogP contribution is -2.57. The summed E-state index contributed by atoms with van der Waals surface area (Å²) in [5.41, 5.74) is 6.61. The molecule has 1 spiro atoms. The fourth-order valence-electron chi connectivity index (χ4n) is 2.94. The van der Waals surface area contributed by atoms with E-state index in [9.17, 15) is 0 Å². The number of hydrogen-bond acceptors (Lipinski definition) is 3. The Balaban J connectivity index is 1.95. The zero-order valence-electron chi connectivity index (χ0n) is 9.71. The van der Waals surface area contributed by atoms with E-state index >= 15 is 0 Å². The minimum absolute atomic E-state index is 0.192. The van der Waals surface area contributed by atoms with Crippen LogP contribution in [0.5, 0.6) is 0 Å². The topological polar surface area (TPSA) is 32.5 Å². The Labute approximate surface area is 87.2 Å². The van der Waals surface area contributed by atoms with Gasteiger partial charge in [-0.2, -0.15) is 0 Å². The van der Waals surface area contributed by atoms with Crippen molar-refractivity contribution in [2.24, 2.45) is 11.1 Å². The van der Waals surface area contributed by atoms with E-state index in [1.165, 1.54) is 32.6 Å². The van der Waals surface area contributed by atoms with Crippen molar-refractivity contribution in [1.82, 2.24) is 9.80 Å². The standard InChI is InChI=1S/C11H23N3/c1-10(2,6-12)14-5-4-11(9-14)7-13(3)8-11/h4-9,12H2,1-3H3. The molecule has 82 valence electrons. The van der Waals surface area contributed by atoms with Crippen LogP contribution in [-0.4, -0.2) is 55.1 Å². The molecule has 0 atom stereocenters. The van der Waals surface area contributed by atoms with Crippen LogP contribution in [0.2, 0.25) is 0 Å². The molecule has 2 N–H and O–H groups in total. The molecule has 0 radical (unpaired) electrons. The van der Waals surface area contributed by atoms with Crippen LogP contribution >= 0.6 is 0 Å². The van der Waals surface area contributed by atoms with Gasteiger partial charge >= 0.3 is 0 Å². The van der Waals surface area contributed by atoms with Gasteiger partial charge < -0.3 is 10.6 Å². The summed E-state index contributed by atoms with van der Waals surface area (Å²) in [7, 11) is 2.21. The number of likely N-dealkylation sites (tertiary alicyclic amines) is 2. The largest absolute Gasteiger partial charge is 0.329 e. The van der Waals surface area contributed by atoms with Crippen molar-refractivity contribution in [3.8, 4) is 0 Å². The molecule has 2 aliphatic rings. The van der Waals surface area contributed by atoms with Crippen molar-refractivity contribution < 1.29 is 0 Å². The van der Waals surface area contributed by atoms with Crippen molar-refractivity contribution in [3.05, 3.63) is 0 Å². The van der Waals surface area contributed by atoms with E-state index in [4.69, 9.17) is 5.73 Å². The molecule has 2 saturated heterocycles. The monoisotopic (exact) mass is 197 g/mol. The third-order valence-electron chi connectivity index (χ3n) is 4.00. The van der Waals surface area contributed by atoms with Crippen LogP contribution in [-0.2, 0) is 0 Å². The van der Waals surface area contributed by atoms with Crippen LogP contribution in [0, 0.1) is 5.41 Å². The first-order valence-electron chi connectivity index (χ1n) is 5.61. The highest BCUT2D eigenvalue weighted by atomic mass is 15.3. The fraction of sp³-hybridized carbons (Fsp3) is 1.00. The first-order chi connectivity index (χ1) is 6.47. The normalized spacial score (nSPS) is 28.3. The van der Waals surface area contributed by atoms with Crippen LogP contribution in [0.4, 0.5) is 0 Å². The molecule has 0 saturated carbocycles. The molecule has 3 nitrogen and oxygen atoms in total. The summed E-state index contributed by atoms with van der Waals surface area (Å²) in [5.74, 6) is 0. The number of rotatable bonds is 2. The van der Waals surface area contributed by atoms with Gasteiger partial charge in [-0.15, -0.1) is 0 Å². The summed E-state index contributed by atoms with van der Waals surface area (Å²) in [6.45, 7) is 10.3. The van der Waals surface area contributed by atoms with E-state index in [-0.39, 0.29) is 5.54 Å². The van der Waals surface area contributed by atoms with Gasteiger partial charge in [0.2, 0.25) is 0 Å². The number of nitrogens with two attached hydrogens (primary N) is 1. The average molecular weight is 197 g/mol. The molecule has 0 unspecified atom stereocenters. The van der Waals surface area contributed by atoms with Crippen molar-refractivity contribution >= 4 is 0 Å². The smallest absolute Gasteiger partial charge is 0.0275 e. The molecular weight excluding hydrogens is 174 g/mol. The Morgan fingerprint density at radius 3 is 2.43 bits per heavy atom.